The van der Waals surface area contributed by atoms with Crippen molar-refractivity contribution >= 4 is 32.5 Å². The molecule has 4 aromatic rings. The van der Waals surface area contributed by atoms with Crippen LogP contribution in [0.1, 0.15) is 16.7 Å². The van der Waals surface area contributed by atoms with Gasteiger partial charge in [0.1, 0.15) is 17.2 Å². The van der Waals surface area contributed by atoms with E-state index in [0.29, 0.717) is 28.4 Å². The third kappa shape index (κ3) is 8.91. The fourth-order valence-electron chi connectivity index (χ4n) is 3.49. The molecule has 210 valence electrons. The molecule has 0 aromatic heterocycles. The minimum absolute atomic E-state index is 0.0533. The van der Waals surface area contributed by atoms with E-state index in [4.69, 9.17) is 27.4 Å². The van der Waals surface area contributed by atoms with E-state index in [1.165, 1.54) is 18.2 Å². The molecular weight excluding hydrogens is 580 g/mol. The molecule has 0 atom stereocenters. The van der Waals surface area contributed by atoms with E-state index in [1.54, 1.807) is 31.4 Å². The maximum atomic E-state index is 13.1. The lowest BCUT2D eigenvalue weighted by atomic mass is 10.0. The van der Waals surface area contributed by atoms with E-state index in [2.05, 4.69) is 9.37 Å². The van der Waals surface area contributed by atoms with Crippen molar-refractivity contribution in [2.24, 2.45) is 0 Å². The van der Waals surface area contributed by atoms with Crippen LogP contribution in [0.15, 0.2) is 106 Å². The van der Waals surface area contributed by atoms with Crippen LogP contribution in [0.25, 0.3) is 0 Å². The molecule has 0 bridgehead atoms. The molecule has 10 nitrogen and oxygen atoms in total. The van der Waals surface area contributed by atoms with Crippen LogP contribution in [0.4, 0.5) is 0 Å². The first-order valence-electron chi connectivity index (χ1n) is 11.4. The molecule has 1 N–H and O–H groups in total. The van der Waals surface area contributed by atoms with E-state index in [1.807, 2.05) is 55.5 Å². The Balaban J connectivity index is 0.00000103. The summed E-state index contributed by atoms with van der Waals surface area (Å²) in [5.41, 5.74) is 3.20. The van der Waals surface area contributed by atoms with Gasteiger partial charge >= 0.3 is 10.6 Å². The van der Waals surface area contributed by atoms with E-state index < -0.39 is 20.4 Å². The van der Waals surface area contributed by atoms with Gasteiger partial charge in [-0.3, -0.25) is 0 Å². The molecule has 13 heteroatoms. The molecule has 0 aliphatic carbocycles. The van der Waals surface area contributed by atoms with Crippen LogP contribution in [-0.4, -0.2) is 33.4 Å². The predicted octanol–water partition coefficient (Wildman–Crippen LogP) is 5.64. The van der Waals surface area contributed by atoms with Crippen molar-refractivity contribution in [3.8, 4) is 17.2 Å². The Kier molecular flexibility index (Phi) is 11.3. The highest BCUT2D eigenvalue weighted by Gasteiger charge is 2.20. The fraction of sp³-hybridized carbons (Fsp3) is 0.111. The average Bonchev–Trinajstić information content (AvgIpc) is 2.94. The number of methoxy groups -OCH3 is 1. The molecule has 0 amide bonds. The summed E-state index contributed by atoms with van der Waals surface area (Å²) in [6.45, 7) is 1.88. The molecule has 4 aromatic carbocycles. The average molecular weight is 605 g/mol. The van der Waals surface area contributed by atoms with Crippen molar-refractivity contribution in [3.05, 3.63) is 108 Å². The second-order valence-electron chi connectivity index (χ2n) is 8.13. The standard InChI is InChI=1S/C27H24O7S2.O3S/c1-19-3-13-24(14-4-19)36(29,30)25-15-16-26(27(18-25)35-34-33-28)32-23-11-7-21(8-12-23)17-20-5-9-22(31-2)10-6-20;1-4(2)3/h3-16,18,28H,17H2,1-2H3;. The van der Waals surface area contributed by atoms with E-state index in [0.717, 1.165) is 28.9 Å². The third-order valence-corrected chi connectivity index (χ3v) is 7.82. The molecule has 0 fully saturated rings. The molecule has 0 unspecified atom stereocenters. The summed E-state index contributed by atoms with van der Waals surface area (Å²) < 4.78 is 67.3. The molecule has 40 heavy (non-hydrogen) atoms. The second kappa shape index (κ2) is 14.6. The zero-order valence-electron chi connectivity index (χ0n) is 21.2. The van der Waals surface area contributed by atoms with Gasteiger partial charge in [-0.2, -0.15) is 0 Å². The topological polar surface area (TPSA) is 142 Å². The molecule has 0 saturated heterocycles. The van der Waals surface area contributed by atoms with Gasteiger partial charge in [0, 0.05) is 0 Å². The van der Waals surface area contributed by atoms with Gasteiger partial charge in [-0.05, 0) is 79.1 Å². The van der Waals surface area contributed by atoms with Crippen molar-refractivity contribution < 1.29 is 45.1 Å². The van der Waals surface area contributed by atoms with Crippen molar-refractivity contribution in [3.63, 3.8) is 0 Å². The predicted molar refractivity (Wildman–Crippen MR) is 146 cm³/mol. The summed E-state index contributed by atoms with van der Waals surface area (Å²) in [5, 5.41) is 12.3. The Bertz CT molecular complexity index is 1610. The van der Waals surface area contributed by atoms with Crippen LogP contribution in [0, 0.1) is 6.92 Å². The Morgan fingerprint density at radius 2 is 1.30 bits per heavy atom. The van der Waals surface area contributed by atoms with Gasteiger partial charge in [0.05, 0.1) is 33.8 Å². The number of sulfone groups is 1. The molecule has 0 aliphatic rings. The first-order valence-corrected chi connectivity index (χ1v) is 14.6. The van der Waals surface area contributed by atoms with Crippen molar-refractivity contribution in [2.75, 3.05) is 7.11 Å². The maximum Gasteiger partial charge on any atom is 0.425 e. The van der Waals surface area contributed by atoms with Gasteiger partial charge in [-0.15, -0.1) is 17.0 Å². The van der Waals surface area contributed by atoms with Gasteiger partial charge in [-0.1, -0.05) is 47.0 Å². The minimum Gasteiger partial charge on any atom is -0.497 e. The number of rotatable bonds is 10. The van der Waals surface area contributed by atoms with Crippen LogP contribution in [0.3, 0.4) is 0 Å². The first-order chi connectivity index (χ1) is 19.1. The Morgan fingerprint density at radius 1 is 0.775 bits per heavy atom. The second-order valence-corrected chi connectivity index (χ2v) is 11.2. The molecule has 0 saturated carbocycles. The minimum atomic E-state index is -3.77. The van der Waals surface area contributed by atoms with Crippen LogP contribution in [0.5, 0.6) is 17.2 Å². The van der Waals surface area contributed by atoms with Crippen LogP contribution in [0.2, 0.25) is 0 Å². The zero-order chi connectivity index (χ0) is 29.1. The number of ether oxygens (including phenoxy) is 2. The largest absolute Gasteiger partial charge is 0.497 e. The highest BCUT2D eigenvalue weighted by Crippen LogP contribution is 2.36. The summed E-state index contributed by atoms with van der Waals surface area (Å²) in [5.74, 6) is 1.70. The Labute approximate surface area is 237 Å². The monoisotopic (exact) mass is 604 g/mol. The molecule has 0 radical (unpaired) electrons. The van der Waals surface area contributed by atoms with Crippen molar-refractivity contribution in [1.82, 2.24) is 0 Å². The lowest BCUT2D eigenvalue weighted by Crippen LogP contribution is -2.02. The van der Waals surface area contributed by atoms with Crippen LogP contribution >= 0.6 is 12.0 Å². The normalized spacial score (nSPS) is 10.8. The van der Waals surface area contributed by atoms with Gasteiger partial charge < -0.3 is 9.47 Å². The number of hydrogen-bond donors (Lipinski definition) is 1. The van der Waals surface area contributed by atoms with Gasteiger partial charge in [-0.25, -0.2) is 13.7 Å². The molecular formula is C27H24O10S3. The Hall–Kier alpha value is -3.72. The van der Waals surface area contributed by atoms with E-state index in [9.17, 15) is 8.42 Å². The highest BCUT2D eigenvalue weighted by atomic mass is 32.2. The lowest BCUT2D eigenvalue weighted by molar-refractivity contribution is -0.432. The van der Waals surface area contributed by atoms with Crippen molar-refractivity contribution in [2.45, 2.75) is 28.0 Å². The Morgan fingerprint density at radius 3 is 1.82 bits per heavy atom. The first kappa shape index (κ1) is 30.8. The summed E-state index contributed by atoms with van der Waals surface area (Å²) in [6, 6.07) is 26.4. The summed E-state index contributed by atoms with van der Waals surface area (Å²) >= 11 is 0.630. The lowest BCUT2D eigenvalue weighted by Gasteiger charge is -2.13. The summed E-state index contributed by atoms with van der Waals surface area (Å²) in [4.78, 5) is 0.529. The third-order valence-electron chi connectivity index (χ3n) is 5.43. The summed E-state index contributed by atoms with van der Waals surface area (Å²) in [6.07, 6.45) is 0.749. The van der Waals surface area contributed by atoms with Crippen molar-refractivity contribution in [1.29, 1.82) is 0 Å². The fourth-order valence-corrected chi connectivity index (χ4v) is 5.32. The SMILES string of the molecule is COc1ccc(Cc2ccc(Oc3ccc(S(=O)(=O)c4ccc(C)cc4)cc3SOOO)cc2)cc1.O=S(=O)=O. The van der Waals surface area contributed by atoms with Crippen LogP contribution < -0.4 is 9.47 Å². The van der Waals surface area contributed by atoms with Crippen LogP contribution in [-0.2, 0) is 36.2 Å². The number of benzene rings is 4. The maximum absolute atomic E-state index is 13.1. The molecule has 0 aliphatic heterocycles. The molecule has 4 rings (SSSR count). The molecule has 0 heterocycles. The highest BCUT2D eigenvalue weighted by molar-refractivity contribution is 7.94. The van der Waals surface area contributed by atoms with Gasteiger partial charge in [0.25, 0.3) is 0 Å². The molecule has 0 spiro atoms. The number of aryl methyl sites for hydroxylation is 1. The smallest absolute Gasteiger partial charge is 0.425 e. The van der Waals surface area contributed by atoms with Gasteiger partial charge in [0.15, 0.2) is 0 Å². The summed E-state index contributed by atoms with van der Waals surface area (Å²) in [7, 11) is -5.24. The van der Waals surface area contributed by atoms with E-state index in [-0.39, 0.29) is 9.79 Å². The van der Waals surface area contributed by atoms with Gasteiger partial charge in [0.2, 0.25) is 9.84 Å². The zero-order valence-corrected chi connectivity index (χ0v) is 23.7. The quantitative estimate of drug-likeness (QED) is 0.136. The van der Waals surface area contributed by atoms with E-state index >= 15 is 0 Å². The number of hydrogen-bond acceptors (Lipinski definition) is 11.